The molecule has 7 heteroatoms. The van der Waals surface area contributed by atoms with Crippen LogP contribution in [0.3, 0.4) is 0 Å². The quantitative estimate of drug-likeness (QED) is 0.750. The second kappa shape index (κ2) is 4.41. The largest absolute Gasteiger partial charge is 0.471 e. The first-order valence-electron chi connectivity index (χ1n) is 5.90. The average molecular weight is 292 g/mol. The van der Waals surface area contributed by atoms with Crippen LogP contribution in [0.1, 0.15) is 15.9 Å². The number of ketones is 1. The van der Waals surface area contributed by atoms with Gasteiger partial charge >= 0.3 is 12.1 Å². The Bertz CT molecular complexity index is 769. The van der Waals surface area contributed by atoms with Crippen LogP contribution in [0, 0.1) is 0 Å². The van der Waals surface area contributed by atoms with Gasteiger partial charge in [0.25, 0.3) is 0 Å². The summed E-state index contributed by atoms with van der Waals surface area (Å²) >= 11 is 0. The molecule has 1 N–H and O–H groups in total. The Morgan fingerprint density at radius 2 is 1.71 bits per heavy atom. The highest BCUT2D eigenvalue weighted by Crippen LogP contribution is 2.37. The van der Waals surface area contributed by atoms with Crippen molar-refractivity contribution >= 4 is 17.5 Å². The monoisotopic (exact) mass is 292 g/mol. The molecular formula is C14H7F3N2O2. The van der Waals surface area contributed by atoms with Crippen molar-refractivity contribution in [2.45, 2.75) is 6.18 Å². The topological polar surface area (TPSA) is 59.1 Å². The maximum atomic E-state index is 12.2. The third-order valence-electron chi connectivity index (χ3n) is 3.11. The molecule has 1 aliphatic rings. The summed E-state index contributed by atoms with van der Waals surface area (Å²) in [5.41, 5.74) is 1.85. The molecule has 0 saturated heterocycles. The number of carbonyl (C=O) groups excluding carboxylic acids is 2. The van der Waals surface area contributed by atoms with E-state index in [4.69, 9.17) is 0 Å². The lowest BCUT2D eigenvalue weighted by molar-refractivity contribution is -0.167. The summed E-state index contributed by atoms with van der Waals surface area (Å²) < 4.78 is 36.6. The Labute approximate surface area is 116 Å². The minimum absolute atomic E-state index is 0.234. The Kier molecular flexibility index (Phi) is 2.79. The van der Waals surface area contributed by atoms with E-state index in [9.17, 15) is 22.8 Å². The molecule has 0 radical (unpaired) electrons. The van der Waals surface area contributed by atoms with E-state index in [0.29, 0.717) is 22.3 Å². The molecule has 21 heavy (non-hydrogen) atoms. The number of hydrogen-bond acceptors (Lipinski definition) is 3. The summed E-state index contributed by atoms with van der Waals surface area (Å²) in [6, 6.07) is 8.00. The summed E-state index contributed by atoms with van der Waals surface area (Å²) in [5, 5.41) is 1.67. The molecule has 1 aromatic carbocycles. The van der Waals surface area contributed by atoms with Crippen molar-refractivity contribution < 1.29 is 22.8 Å². The first kappa shape index (κ1) is 13.3. The van der Waals surface area contributed by atoms with Gasteiger partial charge in [-0.15, -0.1) is 0 Å². The number of hydrogen-bond donors (Lipinski definition) is 1. The number of fused-ring (bicyclic) bond motifs is 3. The fraction of sp³-hybridized carbons (Fsp3) is 0.0714. The fourth-order valence-electron chi connectivity index (χ4n) is 2.18. The maximum Gasteiger partial charge on any atom is 0.471 e. The van der Waals surface area contributed by atoms with Crippen molar-refractivity contribution in [2.24, 2.45) is 0 Å². The molecule has 1 amide bonds. The molecule has 0 spiro atoms. The maximum absolute atomic E-state index is 12.2. The summed E-state index contributed by atoms with van der Waals surface area (Å²) in [6.45, 7) is 0. The lowest BCUT2D eigenvalue weighted by Crippen LogP contribution is -2.30. The van der Waals surface area contributed by atoms with Crippen LogP contribution in [0.4, 0.5) is 19.0 Å². The van der Waals surface area contributed by atoms with Crippen molar-refractivity contribution in [3.8, 4) is 11.1 Å². The van der Waals surface area contributed by atoms with Gasteiger partial charge in [0.1, 0.15) is 5.82 Å². The van der Waals surface area contributed by atoms with Gasteiger partial charge in [-0.05, 0) is 17.2 Å². The highest BCUT2D eigenvalue weighted by Gasteiger charge is 2.39. The summed E-state index contributed by atoms with van der Waals surface area (Å²) in [6.07, 6.45) is -3.82. The Balaban J connectivity index is 2.01. The summed E-state index contributed by atoms with van der Waals surface area (Å²) in [4.78, 5) is 26.7. The molecule has 0 aliphatic heterocycles. The zero-order chi connectivity index (χ0) is 15.2. The van der Waals surface area contributed by atoms with Gasteiger partial charge in [-0.2, -0.15) is 13.2 Å². The van der Waals surface area contributed by atoms with Crippen LogP contribution in [-0.4, -0.2) is 22.9 Å². The van der Waals surface area contributed by atoms with Crippen molar-refractivity contribution in [1.29, 1.82) is 0 Å². The van der Waals surface area contributed by atoms with Crippen molar-refractivity contribution in [3.05, 3.63) is 47.7 Å². The van der Waals surface area contributed by atoms with Crippen LogP contribution in [0.5, 0.6) is 0 Å². The molecule has 0 fully saturated rings. The van der Waals surface area contributed by atoms with Gasteiger partial charge in [0.05, 0.1) is 0 Å². The number of nitrogens with one attached hydrogen (secondary N) is 1. The highest BCUT2D eigenvalue weighted by atomic mass is 19.4. The van der Waals surface area contributed by atoms with Gasteiger partial charge < -0.3 is 5.32 Å². The van der Waals surface area contributed by atoms with E-state index >= 15 is 0 Å². The SMILES string of the molecule is O=C1c2ccccc2-c2cc(NC(=O)C(F)(F)F)ncc21. The van der Waals surface area contributed by atoms with E-state index in [1.807, 2.05) is 0 Å². The van der Waals surface area contributed by atoms with E-state index in [0.717, 1.165) is 0 Å². The Morgan fingerprint density at radius 3 is 2.38 bits per heavy atom. The first-order chi connectivity index (χ1) is 9.88. The molecule has 0 atom stereocenters. The lowest BCUT2D eigenvalue weighted by atomic mass is 10.1. The van der Waals surface area contributed by atoms with Gasteiger partial charge in [0, 0.05) is 17.3 Å². The first-order valence-corrected chi connectivity index (χ1v) is 5.90. The second-order valence-electron chi connectivity index (χ2n) is 4.44. The van der Waals surface area contributed by atoms with Crippen molar-refractivity contribution in [1.82, 2.24) is 4.98 Å². The molecule has 0 bridgehead atoms. The third kappa shape index (κ3) is 2.16. The van der Waals surface area contributed by atoms with Crippen LogP contribution in [-0.2, 0) is 4.79 Å². The molecule has 3 rings (SSSR count). The Hall–Kier alpha value is -2.70. The molecule has 4 nitrogen and oxygen atoms in total. The van der Waals surface area contributed by atoms with Gasteiger partial charge in [-0.3, -0.25) is 9.59 Å². The smallest absolute Gasteiger partial charge is 0.303 e. The minimum Gasteiger partial charge on any atom is -0.303 e. The Morgan fingerprint density at radius 1 is 1.05 bits per heavy atom. The molecule has 0 unspecified atom stereocenters. The third-order valence-corrected chi connectivity index (χ3v) is 3.11. The number of alkyl halides is 3. The van der Waals surface area contributed by atoms with E-state index in [-0.39, 0.29) is 11.6 Å². The van der Waals surface area contributed by atoms with Crippen LogP contribution in [0.2, 0.25) is 0 Å². The number of carbonyl (C=O) groups is 2. The zero-order valence-electron chi connectivity index (χ0n) is 10.4. The minimum atomic E-state index is -4.99. The second-order valence-corrected chi connectivity index (χ2v) is 4.44. The number of halogens is 3. The van der Waals surface area contributed by atoms with E-state index in [1.54, 1.807) is 29.6 Å². The molecule has 106 valence electrons. The average Bonchev–Trinajstić information content (AvgIpc) is 2.72. The number of rotatable bonds is 1. The number of amides is 1. The van der Waals surface area contributed by atoms with E-state index in [1.165, 1.54) is 12.3 Å². The number of nitrogens with zero attached hydrogens (tertiary/aromatic N) is 1. The summed E-state index contributed by atoms with van der Waals surface area (Å²) in [5.74, 6) is -2.59. The molecule has 2 aromatic rings. The molecule has 0 saturated carbocycles. The predicted molar refractivity (Wildman–Crippen MR) is 67.8 cm³/mol. The highest BCUT2D eigenvalue weighted by molar-refractivity contribution is 6.21. The van der Waals surface area contributed by atoms with Gasteiger partial charge in [-0.1, -0.05) is 24.3 Å². The zero-order valence-corrected chi connectivity index (χ0v) is 10.4. The molecule has 1 aliphatic carbocycles. The van der Waals surface area contributed by atoms with Gasteiger partial charge in [0.2, 0.25) is 0 Å². The van der Waals surface area contributed by atoms with Crippen molar-refractivity contribution in [2.75, 3.05) is 5.32 Å². The molecule has 1 heterocycles. The van der Waals surface area contributed by atoms with Crippen LogP contribution >= 0.6 is 0 Å². The number of aromatic nitrogens is 1. The van der Waals surface area contributed by atoms with Crippen LogP contribution < -0.4 is 5.32 Å². The standard InChI is InChI=1S/C14H7F3N2O2/c15-14(16,17)13(21)19-11-5-9-7-3-1-2-4-8(7)12(20)10(9)6-18-11/h1-6H,(H,18,19,21). The number of benzene rings is 1. The number of pyridine rings is 1. The summed E-state index contributed by atoms with van der Waals surface area (Å²) in [7, 11) is 0. The molecule has 1 aromatic heterocycles. The normalized spacial score (nSPS) is 12.8. The number of anilines is 1. The van der Waals surface area contributed by atoms with Gasteiger partial charge in [0.15, 0.2) is 5.78 Å². The molecular weight excluding hydrogens is 285 g/mol. The lowest BCUT2D eigenvalue weighted by Gasteiger charge is -2.08. The van der Waals surface area contributed by atoms with Gasteiger partial charge in [-0.25, -0.2) is 4.98 Å². The fourth-order valence-corrected chi connectivity index (χ4v) is 2.18. The van der Waals surface area contributed by atoms with Crippen LogP contribution in [0.15, 0.2) is 36.5 Å². The van der Waals surface area contributed by atoms with Crippen molar-refractivity contribution in [3.63, 3.8) is 0 Å². The van der Waals surface area contributed by atoms with E-state index in [2.05, 4.69) is 4.98 Å². The predicted octanol–water partition coefficient (Wildman–Crippen LogP) is 2.79. The van der Waals surface area contributed by atoms with E-state index < -0.39 is 12.1 Å². The van der Waals surface area contributed by atoms with Crippen LogP contribution in [0.25, 0.3) is 11.1 Å².